The van der Waals surface area contributed by atoms with Crippen LogP contribution < -0.4 is 10.6 Å². The zero-order chi connectivity index (χ0) is 9.97. The highest BCUT2D eigenvalue weighted by molar-refractivity contribution is 5.47. The van der Waals surface area contributed by atoms with Crippen LogP contribution in [0, 0.1) is 0 Å². The molecule has 1 aromatic heterocycles. The third-order valence-electron chi connectivity index (χ3n) is 2.53. The number of rotatable bonds is 2. The monoisotopic (exact) mass is 192 g/mol. The van der Waals surface area contributed by atoms with E-state index in [0.29, 0.717) is 0 Å². The van der Waals surface area contributed by atoms with Crippen molar-refractivity contribution in [3.63, 3.8) is 0 Å². The Morgan fingerprint density at radius 1 is 1.43 bits per heavy atom. The fraction of sp³-hybridized carbons (Fsp3) is 0.600. The van der Waals surface area contributed by atoms with Gasteiger partial charge < -0.3 is 10.6 Å². The Hall–Kier alpha value is -1.16. The molecule has 1 aliphatic heterocycles. The van der Waals surface area contributed by atoms with E-state index < -0.39 is 0 Å². The smallest absolute Gasteiger partial charge is 0.134 e. The number of hydrogen-bond acceptors (Lipinski definition) is 4. The Labute approximate surface area is 84.2 Å². The van der Waals surface area contributed by atoms with E-state index in [4.69, 9.17) is 0 Å². The van der Waals surface area contributed by atoms with Crippen molar-refractivity contribution in [2.45, 2.75) is 26.3 Å². The fourth-order valence-corrected chi connectivity index (χ4v) is 1.76. The van der Waals surface area contributed by atoms with Gasteiger partial charge in [-0.1, -0.05) is 6.92 Å². The summed E-state index contributed by atoms with van der Waals surface area (Å²) in [6.45, 7) is 3.99. The van der Waals surface area contributed by atoms with E-state index in [1.54, 1.807) is 0 Å². The van der Waals surface area contributed by atoms with Crippen molar-refractivity contribution in [2.75, 3.05) is 18.9 Å². The lowest BCUT2D eigenvalue weighted by molar-refractivity contribution is 0.622. The summed E-state index contributed by atoms with van der Waals surface area (Å²) in [6.07, 6.45) is 1.91. The Morgan fingerprint density at radius 3 is 3.00 bits per heavy atom. The first-order valence-electron chi connectivity index (χ1n) is 5.12. The van der Waals surface area contributed by atoms with Crippen LogP contribution >= 0.6 is 0 Å². The van der Waals surface area contributed by atoms with Crippen molar-refractivity contribution in [2.24, 2.45) is 0 Å². The maximum atomic E-state index is 4.55. The molecule has 14 heavy (non-hydrogen) atoms. The Kier molecular flexibility index (Phi) is 2.63. The molecule has 4 heteroatoms. The minimum atomic E-state index is 0.884. The highest BCUT2D eigenvalue weighted by Gasteiger charge is 2.15. The first kappa shape index (κ1) is 9.40. The predicted octanol–water partition coefficient (Wildman–Crippen LogP) is 0.726. The zero-order valence-electron chi connectivity index (χ0n) is 8.72. The van der Waals surface area contributed by atoms with Crippen molar-refractivity contribution in [3.8, 4) is 0 Å². The molecule has 1 aromatic rings. The van der Waals surface area contributed by atoms with Gasteiger partial charge in [-0.25, -0.2) is 9.97 Å². The van der Waals surface area contributed by atoms with E-state index in [1.165, 1.54) is 11.3 Å². The van der Waals surface area contributed by atoms with Crippen LogP contribution in [-0.4, -0.2) is 23.6 Å². The summed E-state index contributed by atoms with van der Waals surface area (Å²) in [5, 5.41) is 6.47. The number of anilines is 1. The zero-order valence-corrected chi connectivity index (χ0v) is 8.72. The van der Waals surface area contributed by atoms with Crippen LogP contribution in [-0.2, 0) is 19.4 Å². The van der Waals surface area contributed by atoms with Gasteiger partial charge in [0.1, 0.15) is 11.6 Å². The molecule has 0 fully saturated rings. The van der Waals surface area contributed by atoms with Crippen LogP contribution in [0.4, 0.5) is 5.82 Å². The largest absolute Gasteiger partial charge is 0.373 e. The highest BCUT2D eigenvalue weighted by Crippen LogP contribution is 2.19. The lowest BCUT2D eigenvalue weighted by atomic mass is 10.1. The number of aryl methyl sites for hydroxylation is 1. The highest BCUT2D eigenvalue weighted by atomic mass is 15.0. The van der Waals surface area contributed by atoms with Crippen LogP contribution in [0.5, 0.6) is 0 Å². The lowest BCUT2D eigenvalue weighted by Crippen LogP contribution is -2.26. The van der Waals surface area contributed by atoms with Gasteiger partial charge in [0, 0.05) is 38.5 Å². The van der Waals surface area contributed by atoms with Gasteiger partial charge in [-0.15, -0.1) is 0 Å². The molecule has 0 spiro atoms. The molecule has 0 bridgehead atoms. The van der Waals surface area contributed by atoms with E-state index in [1.807, 2.05) is 7.05 Å². The molecule has 2 heterocycles. The van der Waals surface area contributed by atoms with Crippen molar-refractivity contribution in [1.82, 2.24) is 15.3 Å². The van der Waals surface area contributed by atoms with Gasteiger partial charge in [0.2, 0.25) is 0 Å². The van der Waals surface area contributed by atoms with Crippen molar-refractivity contribution >= 4 is 5.82 Å². The predicted molar refractivity (Wildman–Crippen MR) is 56.4 cm³/mol. The molecular formula is C10H16N4. The lowest BCUT2D eigenvalue weighted by Gasteiger charge is -2.19. The SMILES string of the molecule is CCc1nc2c(c(NC)n1)CNCC2. The third-order valence-corrected chi connectivity index (χ3v) is 2.53. The molecule has 4 nitrogen and oxygen atoms in total. The Balaban J connectivity index is 2.47. The van der Waals surface area contributed by atoms with Crippen molar-refractivity contribution < 1.29 is 0 Å². The van der Waals surface area contributed by atoms with Crippen LogP contribution in [0.15, 0.2) is 0 Å². The summed E-state index contributed by atoms with van der Waals surface area (Å²) in [5.74, 6) is 1.93. The van der Waals surface area contributed by atoms with Gasteiger partial charge in [0.25, 0.3) is 0 Å². The molecule has 0 radical (unpaired) electrons. The van der Waals surface area contributed by atoms with Gasteiger partial charge in [0.15, 0.2) is 0 Å². The van der Waals surface area contributed by atoms with E-state index in [2.05, 4.69) is 27.5 Å². The molecule has 0 atom stereocenters. The van der Waals surface area contributed by atoms with Gasteiger partial charge in [-0.05, 0) is 0 Å². The maximum absolute atomic E-state index is 4.55. The summed E-state index contributed by atoms with van der Waals surface area (Å²) >= 11 is 0. The van der Waals surface area contributed by atoms with Crippen molar-refractivity contribution in [3.05, 3.63) is 17.1 Å². The van der Waals surface area contributed by atoms with Gasteiger partial charge in [0.05, 0.1) is 5.69 Å². The molecule has 2 N–H and O–H groups in total. The van der Waals surface area contributed by atoms with Gasteiger partial charge >= 0.3 is 0 Å². The molecular weight excluding hydrogens is 176 g/mol. The number of fused-ring (bicyclic) bond motifs is 1. The molecule has 2 rings (SSSR count). The molecule has 0 amide bonds. The Morgan fingerprint density at radius 2 is 2.29 bits per heavy atom. The molecule has 0 unspecified atom stereocenters. The van der Waals surface area contributed by atoms with Gasteiger partial charge in [-0.3, -0.25) is 0 Å². The topological polar surface area (TPSA) is 49.8 Å². The summed E-state index contributed by atoms with van der Waals surface area (Å²) in [7, 11) is 1.91. The second-order valence-electron chi connectivity index (χ2n) is 3.44. The van der Waals surface area contributed by atoms with E-state index in [-0.39, 0.29) is 0 Å². The quantitative estimate of drug-likeness (QED) is 0.725. The van der Waals surface area contributed by atoms with E-state index in [0.717, 1.165) is 37.6 Å². The van der Waals surface area contributed by atoms with Gasteiger partial charge in [-0.2, -0.15) is 0 Å². The Bertz CT molecular complexity index is 318. The summed E-state index contributed by atoms with van der Waals surface area (Å²) in [5.41, 5.74) is 2.44. The van der Waals surface area contributed by atoms with E-state index >= 15 is 0 Å². The normalized spacial score (nSPS) is 15.0. The molecule has 0 aliphatic carbocycles. The second-order valence-corrected chi connectivity index (χ2v) is 3.44. The second kappa shape index (κ2) is 3.92. The molecule has 1 aliphatic rings. The maximum Gasteiger partial charge on any atom is 0.134 e. The number of nitrogens with one attached hydrogen (secondary N) is 2. The summed E-state index contributed by atoms with van der Waals surface area (Å²) in [4.78, 5) is 9.01. The third kappa shape index (κ3) is 1.57. The molecule has 0 saturated carbocycles. The average molecular weight is 192 g/mol. The minimum Gasteiger partial charge on any atom is -0.373 e. The first-order valence-corrected chi connectivity index (χ1v) is 5.12. The van der Waals surface area contributed by atoms with Crippen LogP contribution in [0.1, 0.15) is 24.0 Å². The average Bonchev–Trinajstić information content (AvgIpc) is 2.27. The minimum absolute atomic E-state index is 0.884. The fourth-order valence-electron chi connectivity index (χ4n) is 1.76. The summed E-state index contributed by atoms with van der Waals surface area (Å²) < 4.78 is 0. The molecule has 0 aromatic carbocycles. The number of nitrogens with zero attached hydrogens (tertiary/aromatic N) is 2. The van der Waals surface area contributed by atoms with E-state index in [9.17, 15) is 0 Å². The first-order chi connectivity index (χ1) is 6.85. The molecule has 76 valence electrons. The standard InChI is InChI=1S/C10H16N4/c1-3-9-13-8-4-5-12-6-7(8)10(11-2)14-9/h12H,3-6H2,1-2H3,(H,11,13,14). The summed E-state index contributed by atoms with van der Waals surface area (Å²) in [6, 6.07) is 0. The number of aromatic nitrogens is 2. The van der Waals surface area contributed by atoms with Crippen LogP contribution in [0.2, 0.25) is 0 Å². The van der Waals surface area contributed by atoms with Crippen molar-refractivity contribution in [1.29, 1.82) is 0 Å². The van der Waals surface area contributed by atoms with Crippen LogP contribution in [0.25, 0.3) is 0 Å². The molecule has 0 saturated heterocycles. The number of hydrogen-bond donors (Lipinski definition) is 2. The van der Waals surface area contributed by atoms with Crippen LogP contribution in [0.3, 0.4) is 0 Å².